The number of pyridine rings is 1. The summed E-state index contributed by atoms with van der Waals surface area (Å²) in [4.78, 5) is 27.6. The number of methoxy groups -OCH3 is 1. The normalized spacial score (nSPS) is 10.0. The van der Waals surface area contributed by atoms with E-state index < -0.39 is 5.97 Å². The summed E-state index contributed by atoms with van der Waals surface area (Å²) in [6.45, 7) is 1.91. The Kier molecular flexibility index (Phi) is 4.66. The van der Waals surface area contributed by atoms with Gasteiger partial charge in [-0.3, -0.25) is 9.78 Å². The third kappa shape index (κ3) is 3.89. The van der Waals surface area contributed by atoms with Crippen molar-refractivity contribution >= 4 is 17.6 Å². The van der Waals surface area contributed by atoms with Crippen molar-refractivity contribution in [2.75, 3.05) is 12.4 Å². The average molecular weight is 284 g/mol. The van der Waals surface area contributed by atoms with Gasteiger partial charge < -0.3 is 10.1 Å². The Morgan fingerprint density at radius 2 is 2.05 bits per heavy atom. The molecule has 0 atom stereocenters. The first-order chi connectivity index (χ1) is 10.1. The van der Waals surface area contributed by atoms with Crippen molar-refractivity contribution in [3.05, 3.63) is 59.4 Å². The van der Waals surface area contributed by atoms with Crippen LogP contribution in [0, 0.1) is 6.92 Å². The predicted molar refractivity (Wildman–Crippen MR) is 79.1 cm³/mol. The highest BCUT2D eigenvalue weighted by atomic mass is 16.5. The second kappa shape index (κ2) is 6.65. The summed E-state index contributed by atoms with van der Waals surface area (Å²) in [5, 5.41) is 2.75. The molecule has 0 saturated carbocycles. The molecule has 1 aromatic carbocycles. The lowest BCUT2D eigenvalue weighted by atomic mass is 10.1. The number of benzene rings is 1. The molecule has 1 heterocycles. The third-order valence-corrected chi connectivity index (χ3v) is 3.01. The van der Waals surface area contributed by atoms with Crippen LogP contribution in [0.15, 0.2) is 42.6 Å². The van der Waals surface area contributed by atoms with Gasteiger partial charge in [-0.1, -0.05) is 12.1 Å². The van der Waals surface area contributed by atoms with E-state index in [0.717, 1.165) is 11.3 Å². The zero-order valence-corrected chi connectivity index (χ0v) is 11.9. The molecule has 0 fully saturated rings. The van der Waals surface area contributed by atoms with E-state index >= 15 is 0 Å². The summed E-state index contributed by atoms with van der Waals surface area (Å²) in [7, 11) is 1.32. The number of carbonyl (C=O) groups excluding carboxylic acids is 2. The number of aromatic nitrogens is 1. The van der Waals surface area contributed by atoms with Crippen LogP contribution in [0.2, 0.25) is 0 Å². The van der Waals surface area contributed by atoms with E-state index in [1.165, 1.54) is 7.11 Å². The van der Waals surface area contributed by atoms with Gasteiger partial charge in [-0.25, -0.2) is 4.79 Å². The molecule has 0 unspecified atom stereocenters. The fraction of sp³-hybridized carbons (Fsp3) is 0.188. The number of esters is 1. The van der Waals surface area contributed by atoms with Crippen molar-refractivity contribution < 1.29 is 14.3 Å². The Morgan fingerprint density at radius 1 is 1.24 bits per heavy atom. The van der Waals surface area contributed by atoms with Gasteiger partial charge in [-0.2, -0.15) is 0 Å². The molecule has 0 saturated heterocycles. The van der Waals surface area contributed by atoms with E-state index in [9.17, 15) is 9.59 Å². The van der Waals surface area contributed by atoms with Crippen LogP contribution < -0.4 is 5.32 Å². The van der Waals surface area contributed by atoms with Crippen LogP contribution in [0.25, 0.3) is 0 Å². The summed E-state index contributed by atoms with van der Waals surface area (Å²) in [5.74, 6) is -0.620. The number of amides is 1. The van der Waals surface area contributed by atoms with Crippen molar-refractivity contribution in [2.24, 2.45) is 0 Å². The maximum atomic E-state index is 12.0. The lowest BCUT2D eigenvalue weighted by Crippen LogP contribution is -2.16. The monoisotopic (exact) mass is 284 g/mol. The molecule has 0 aliphatic heterocycles. The molecule has 108 valence electrons. The average Bonchev–Trinajstić information content (AvgIpc) is 2.49. The molecule has 0 radical (unpaired) electrons. The smallest absolute Gasteiger partial charge is 0.337 e. The molecule has 0 aliphatic carbocycles. The van der Waals surface area contributed by atoms with Gasteiger partial charge >= 0.3 is 5.97 Å². The van der Waals surface area contributed by atoms with Crippen molar-refractivity contribution in [1.29, 1.82) is 0 Å². The third-order valence-electron chi connectivity index (χ3n) is 3.01. The number of ether oxygens (including phenoxy) is 1. The number of nitrogens with zero attached hydrogens (tertiary/aromatic N) is 1. The lowest BCUT2D eigenvalue weighted by Gasteiger charge is -2.07. The quantitative estimate of drug-likeness (QED) is 0.875. The fourth-order valence-corrected chi connectivity index (χ4v) is 1.90. The van der Waals surface area contributed by atoms with Gasteiger partial charge in [0.05, 0.1) is 24.8 Å². The van der Waals surface area contributed by atoms with Gasteiger partial charge in [-0.15, -0.1) is 0 Å². The zero-order valence-electron chi connectivity index (χ0n) is 11.9. The van der Waals surface area contributed by atoms with E-state index in [1.54, 1.807) is 30.5 Å². The van der Waals surface area contributed by atoms with Gasteiger partial charge in [0.1, 0.15) is 0 Å². The second-order valence-electron chi connectivity index (χ2n) is 4.56. The van der Waals surface area contributed by atoms with Gasteiger partial charge in [-0.05, 0) is 36.8 Å². The topological polar surface area (TPSA) is 68.3 Å². The first-order valence-corrected chi connectivity index (χ1v) is 6.49. The minimum atomic E-state index is -0.438. The molecule has 2 rings (SSSR count). The minimum absolute atomic E-state index is 0.182. The van der Waals surface area contributed by atoms with Crippen molar-refractivity contribution in [1.82, 2.24) is 4.98 Å². The molecule has 0 spiro atoms. The predicted octanol–water partition coefficient (Wildman–Crippen LogP) is 2.36. The van der Waals surface area contributed by atoms with E-state index in [-0.39, 0.29) is 12.3 Å². The zero-order chi connectivity index (χ0) is 15.2. The number of nitrogens with one attached hydrogen (secondary N) is 1. The molecule has 2 aromatic rings. The van der Waals surface area contributed by atoms with Crippen LogP contribution in [0.3, 0.4) is 0 Å². The van der Waals surface area contributed by atoms with E-state index in [1.807, 2.05) is 19.1 Å². The number of anilines is 1. The van der Waals surface area contributed by atoms with Crippen LogP contribution in [0.5, 0.6) is 0 Å². The van der Waals surface area contributed by atoms with Gasteiger partial charge in [0.25, 0.3) is 0 Å². The maximum Gasteiger partial charge on any atom is 0.337 e. The van der Waals surface area contributed by atoms with Crippen LogP contribution in [0.4, 0.5) is 5.69 Å². The van der Waals surface area contributed by atoms with Gasteiger partial charge in [0, 0.05) is 11.9 Å². The highest BCUT2D eigenvalue weighted by molar-refractivity contribution is 5.95. The molecule has 0 aliphatic rings. The minimum Gasteiger partial charge on any atom is -0.465 e. The lowest BCUT2D eigenvalue weighted by molar-refractivity contribution is -0.115. The number of aryl methyl sites for hydroxylation is 1. The van der Waals surface area contributed by atoms with Crippen molar-refractivity contribution in [3.63, 3.8) is 0 Å². The molecule has 21 heavy (non-hydrogen) atoms. The SMILES string of the molecule is COC(=O)c1cccc(NC(=O)Cc2ncccc2C)c1. The molecule has 1 N–H and O–H groups in total. The Hall–Kier alpha value is -2.69. The molecular weight excluding hydrogens is 268 g/mol. The number of carbonyl (C=O) groups is 2. The Morgan fingerprint density at radius 3 is 2.76 bits per heavy atom. The maximum absolute atomic E-state index is 12.0. The summed E-state index contributed by atoms with van der Waals surface area (Å²) >= 11 is 0. The summed E-state index contributed by atoms with van der Waals surface area (Å²) in [6.07, 6.45) is 1.85. The van der Waals surface area contributed by atoms with Crippen LogP contribution >= 0.6 is 0 Å². The van der Waals surface area contributed by atoms with Gasteiger partial charge in [0.2, 0.25) is 5.91 Å². The molecule has 5 heteroatoms. The largest absolute Gasteiger partial charge is 0.465 e. The molecule has 0 bridgehead atoms. The highest BCUT2D eigenvalue weighted by Gasteiger charge is 2.09. The number of hydrogen-bond acceptors (Lipinski definition) is 4. The molecule has 1 amide bonds. The molecule has 1 aromatic heterocycles. The Labute approximate surface area is 123 Å². The van der Waals surface area contributed by atoms with Crippen LogP contribution in [-0.4, -0.2) is 24.0 Å². The van der Waals surface area contributed by atoms with Crippen LogP contribution in [-0.2, 0) is 16.0 Å². The summed E-state index contributed by atoms with van der Waals surface area (Å²) in [5.41, 5.74) is 2.65. The highest BCUT2D eigenvalue weighted by Crippen LogP contribution is 2.12. The summed E-state index contributed by atoms with van der Waals surface area (Å²) in [6, 6.07) is 10.4. The first-order valence-electron chi connectivity index (χ1n) is 6.49. The van der Waals surface area contributed by atoms with Crippen molar-refractivity contribution in [2.45, 2.75) is 13.3 Å². The first kappa shape index (κ1) is 14.7. The molecular formula is C16H16N2O3. The standard InChI is InChI=1S/C16H16N2O3/c1-11-5-4-8-17-14(11)10-15(19)18-13-7-3-6-12(9-13)16(20)21-2/h3-9H,10H2,1-2H3,(H,18,19). The van der Waals surface area contributed by atoms with E-state index in [2.05, 4.69) is 15.0 Å². The van der Waals surface area contributed by atoms with Crippen molar-refractivity contribution in [3.8, 4) is 0 Å². The fourth-order valence-electron chi connectivity index (χ4n) is 1.90. The van der Waals surface area contributed by atoms with Crippen LogP contribution in [0.1, 0.15) is 21.6 Å². The number of rotatable bonds is 4. The van der Waals surface area contributed by atoms with E-state index in [4.69, 9.17) is 0 Å². The Balaban J connectivity index is 2.06. The van der Waals surface area contributed by atoms with Gasteiger partial charge in [0.15, 0.2) is 0 Å². The second-order valence-corrected chi connectivity index (χ2v) is 4.56. The number of hydrogen-bond donors (Lipinski definition) is 1. The van der Waals surface area contributed by atoms with E-state index in [0.29, 0.717) is 11.3 Å². The summed E-state index contributed by atoms with van der Waals surface area (Å²) < 4.78 is 4.65. The molecule has 5 nitrogen and oxygen atoms in total. The Bertz CT molecular complexity index is 668.